The molecule has 2 aromatic rings. The maximum atomic E-state index is 11.5. The van der Waals surface area contributed by atoms with Crippen LogP contribution in [0.3, 0.4) is 0 Å². The largest absolute Gasteiger partial charge is 0.457 e. The first-order chi connectivity index (χ1) is 7.66. The molecule has 0 spiro atoms. The van der Waals surface area contributed by atoms with E-state index in [2.05, 4.69) is 0 Å². The number of hydrogen-bond donors (Lipinski definition) is 0. The van der Waals surface area contributed by atoms with Crippen LogP contribution in [-0.4, -0.2) is 5.97 Å². The maximum absolute atomic E-state index is 11.5. The molecule has 0 aliphatic carbocycles. The summed E-state index contributed by atoms with van der Waals surface area (Å²) >= 11 is 5.91. The number of ether oxygens (including phenoxy) is 1. The van der Waals surface area contributed by atoms with Gasteiger partial charge >= 0.3 is 5.97 Å². The summed E-state index contributed by atoms with van der Waals surface area (Å²) in [5.41, 5.74) is 0.930. The smallest absolute Gasteiger partial charge is 0.379 e. The molecular formula is C12H9ClO3. The molecule has 1 aromatic carbocycles. The third-order valence-electron chi connectivity index (χ3n) is 2.08. The zero-order valence-electron chi connectivity index (χ0n) is 8.57. The van der Waals surface area contributed by atoms with Crippen molar-refractivity contribution in [2.45, 2.75) is 6.92 Å². The lowest BCUT2D eigenvalue weighted by atomic mass is 10.2. The summed E-state index contributed by atoms with van der Waals surface area (Å²) in [4.78, 5) is 11.5. The van der Waals surface area contributed by atoms with Crippen molar-refractivity contribution >= 4 is 17.6 Å². The molecule has 0 bridgehead atoms. The highest BCUT2D eigenvalue weighted by Crippen LogP contribution is 2.22. The molecule has 0 fully saturated rings. The quantitative estimate of drug-likeness (QED) is 0.592. The molecule has 0 atom stereocenters. The standard InChI is InChI=1S/C12H9ClO3/c1-8-4-5-9(7-10(8)13)16-12(14)11-3-2-6-15-11/h2-7H,1H3. The van der Waals surface area contributed by atoms with Gasteiger partial charge in [0.25, 0.3) is 0 Å². The molecule has 1 aromatic heterocycles. The van der Waals surface area contributed by atoms with E-state index in [0.717, 1.165) is 5.56 Å². The lowest BCUT2D eigenvalue weighted by Crippen LogP contribution is -2.07. The van der Waals surface area contributed by atoms with Crippen LogP contribution >= 0.6 is 11.6 Å². The van der Waals surface area contributed by atoms with Gasteiger partial charge in [0.2, 0.25) is 5.76 Å². The van der Waals surface area contributed by atoms with Gasteiger partial charge in [-0.2, -0.15) is 0 Å². The second-order valence-corrected chi connectivity index (χ2v) is 3.69. The summed E-state index contributed by atoms with van der Waals surface area (Å²) in [5.74, 6) is 0.0265. The molecule has 2 rings (SSSR count). The zero-order chi connectivity index (χ0) is 11.5. The summed E-state index contributed by atoms with van der Waals surface area (Å²) in [6.45, 7) is 1.88. The van der Waals surface area contributed by atoms with Crippen molar-refractivity contribution in [3.63, 3.8) is 0 Å². The minimum absolute atomic E-state index is 0.164. The predicted octanol–water partition coefficient (Wildman–Crippen LogP) is 3.46. The van der Waals surface area contributed by atoms with Crippen LogP contribution in [0, 0.1) is 6.92 Å². The zero-order valence-corrected chi connectivity index (χ0v) is 9.32. The molecule has 0 amide bonds. The average molecular weight is 237 g/mol. The molecule has 1 heterocycles. The number of carbonyl (C=O) groups excluding carboxylic acids is 1. The summed E-state index contributed by atoms with van der Waals surface area (Å²) in [7, 11) is 0. The van der Waals surface area contributed by atoms with Gasteiger partial charge < -0.3 is 9.15 Å². The Balaban J connectivity index is 2.15. The lowest BCUT2D eigenvalue weighted by Gasteiger charge is -2.03. The van der Waals surface area contributed by atoms with E-state index in [1.807, 2.05) is 6.92 Å². The van der Waals surface area contributed by atoms with Gasteiger partial charge in [-0.3, -0.25) is 0 Å². The van der Waals surface area contributed by atoms with Crippen LogP contribution in [0.15, 0.2) is 41.0 Å². The Labute approximate surface area is 97.6 Å². The molecule has 0 saturated heterocycles. The van der Waals surface area contributed by atoms with Crippen LogP contribution in [0.4, 0.5) is 0 Å². The summed E-state index contributed by atoms with van der Waals surface area (Å²) in [5, 5.41) is 0.560. The van der Waals surface area contributed by atoms with E-state index >= 15 is 0 Å². The molecule has 82 valence electrons. The van der Waals surface area contributed by atoms with E-state index in [0.29, 0.717) is 10.8 Å². The van der Waals surface area contributed by atoms with Crippen molar-refractivity contribution in [2.24, 2.45) is 0 Å². The second-order valence-electron chi connectivity index (χ2n) is 3.28. The fraction of sp³-hybridized carbons (Fsp3) is 0.0833. The van der Waals surface area contributed by atoms with Crippen LogP contribution in [0.25, 0.3) is 0 Å². The van der Waals surface area contributed by atoms with Gasteiger partial charge in [0, 0.05) is 5.02 Å². The highest BCUT2D eigenvalue weighted by molar-refractivity contribution is 6.31. The molecule has 0 radical (unpaired) electrons. The van der Waals surface area contributed by atoms with Crippen molar-refractivity contribution in [1.82, 2.24) is 0 Å². The van der Waals surface area contributed by atoms with Crippen molar-refractivity contribution in [3.05, 3.63) is 52.9 Å². The van der Waals surface area contributed by atoms with Crippen molar-refractivity contribution in [2.75, 3.05) is 0 Å². The van der Waals surface area contributed by atoms with Gasteiger partial charge in [-0.05, 0) is 36.8 Å². The number of halogens is 1. The number of carbonyl (C=O) groups is 1. The molecule has 0 unspecified atom stereocenters. The fourth-order valence-electron chi connectivity index (χ4n) is 1.19. The SMILES string of the molecule is Cc1ccc(OC(=O)c2ccco2)cc1Cl. The number of rotatable bonds is 2. The van der Waals surface area contributed by atoms with E-state index in [1.54, 1.807) is 24.3 Å². The average Bonchev–Trinajstić information content (AvgIpc) is 2.77. The monoisotopic (exact) mass is 236 g/mol. The Kier molecular flexibility index (Phi) is 2.97. The first kappa shape index (κ1) is 10.8. The lowest BCUT2D eigenvalue weighted by molar-refractivity contribution is 0.0701. The van der Waals surface area contributed by atoms with Gasteiger partial charge in [0.05, 0.1) is 6.26 Å². The van der Waals surface area contributed by atoms with Crippen LogP contribution < -0.4 is 4.74 Å². The molecule has 0 saturated carbocycles. The predicted molar refractivity (Wildman–Crippen MR) is 59.9 cm³/mol. The van der Waals surface area contributed by atoms with Gasteiger partial charge in [-0.25, -0.2) is 4.79 Å². The fourth-order valence-corrected chi connectivity index (χ4v) is 1.36. The van der Waals surface area contributed by atoms with Crippen LogP contribution in [0.2, 0.25) is 5.02 Å². The third kappa shape index (κ3) is 2.25. The number of aryl methyl sites for hydroxylation is 1. The van der Waals surface area contributed by atoms with Gasteiger partial charge in [0.1, 0.15) is 5.75 Å². The van der Waals surface area contributed by atoms with Crippen LogP contribution in [0.1, 0.15) is 16.1 Å². The Bertz CT molecular complexity index is 503. The molecule has 4 heteroatoms. The Morgan fingerprint density at radius 2 is 2.19 bits per heavy atom. The van der Waals surface area contributed by atoms with Crippen molar-refractivity contribution < 1.29 is 13.9 Å². The number of benzene rings is 1. The van der Waals surface area contributed by atoms with Crippen LogP contribution in [0.5, 0.6) is 5.75 Å². The Morgan fingerprint density at radius 1 is 1.38 bits per heavy atom. The maximum Gasteiger partial charge on any atom is 0.379 e. The van der Waals surface area contributed by atoms with Crippen molar-refractivity contribution in [3.8, 4) is 5.75 Å². The number of esters is 1. The van der Waals surface area contributed by atoms with Gasteiger partial charge in [-0.15, -0.1) is 0 Å². The number of hydrogen-bond acceptors (Lipinski definition) is 3. The van der Waals surface area contributed by atoms with E-state index in [1.165, 1.54) is 12.3 Å². The first-order valence-electron chi connectivity index (χ1n) is 4.68. The van der Waals surface area contributed by atoms with E-state index in [-0.39, 0.29) is 5.76 Å². The Morgan fingerprint density at radius 3 is 2.81 bits per heavy atom. The number of furan rings is 1. The van der Waals surface area contributed by atoms with Gasteiger partial charge in [-0.1, -0.05) is 17.7 Å². The molecule has 0 aliphatic rings. The summed E-state index contributed by atoms with van der Waals surface area (Å²) < 4.78 is 9.99. The van der Waals surface area contributed by atoms with Crippen LogP contribution in [-0.2, 0) is 0 Å². The third-order valence-corrected chi connectivity index (χ3v) is 2.48. The van der Waals surface area contributed by atoms with Crippen molar-refractivity contribution in [1.29, 1.82) is 0 Å². The van der Waals surface area contributed by atoms with E-state index in [9.17, 15) is 4.79 Å². The molecule has 0 N–H and O–H groups in total. The summed E-state index contributed by atoms with van der Waals surface area (Å²) in [6, 6.07) is 8.23. The Hall–Kier alpha value is -1.74. The molecule has 3 nitrogen and oxygen atoms in total. The first-order valence-corrected chi connectivity index (χ1v) is 5.06. The highest BCUT2D eigenvalue weighted by Gasteiger charge is 2.11. The normalized spacial score (nSPS) is 10.1. The molecule has 0 aliphatic heterocycles. The minimum Gasteiger partial charge on any atom is -0.457 e. The van der Waals surface area contributed by atoms with Gasteiger partial charge in [0.15, 0.2) is 0 Å². The second kappa shape index (κ2) is 4.41. The van der Waals surface area contributed by atoms with E-state index in [4.69, 9.17) is 20.8 Å². The minimum atomic E-state index is -0.537. The summed E-state index contributed by atoms with van der Waals surface area (Å²) in [6.07, 6.45) is 1.42. The highest BCUT2D eigenvalue weighted by atomic mass is 35.5. The molecule has 16 heavy (non-hydrogen) atoms. The van der Waals surface area contributed by atoms with E-state index < -0.39 is 5.97 Å². The molecular weight excluding hydrogens is 228 g/mol. The topological polar surface area (TPSA) is 39.4 Å².